The highest BCUT2D eigenvalue weighted by molar-refractivity contribution is 6.34. The number of nitrogens with one attached hydrogen (secondary N) is 1. The van der Waals surface area contributed by atoms with E-state index in [1.165, 1.54) is 48.6 Å². The van der Waals surface area contributed by atoms with Crippen LogP contribution in [0.5, 0.6) is 0 Å². The SMILES string of the molecule is N[C@H]1CC[C@H](NC(=O)CC(c2cc(Cl)cc(Cl)c2)c2cn(CC3CCCCC3)c3ccccc23)CC1. The van der Waals surface area contributed by atoms with Crippen LogP contribution in [0.25, 0.3) is 10.9 Å². The van der Waals surface area contributed by atoms with Gasteiger partial charge in [-0.1, -0.05) is 60.7 Å². The summed E-state index contributed by atoms with van der Waals surface area (Å²) in [4.78, 5) is 13.4. The van der Waals surface area contributed by atoms with Crippen LogP contribution in [0.15, 0.2) is 48.7 Å². The molecule has 1 amide bonds. The number of rotatable bonds is 7. The molecule has 3 aromatic rings. The smallest absolute Gasteiger partial charge is 0.221 e. The van der Waals surface area contributed by atoms with Crippen molar-refractivity contribution in [1.29, 1.82) is 0 Å². The molecule has 0 spiro atoms. The lowest BCUT2D eigenvalue weighted by Gasteiger charge is -2.27. The molecule has 1 heterocycles. The Balaban J connectivity index is 1.47. The minimum atomic E-state index is -0.135. The third-order valence-corrected chi connectivity index (χ3v) is 8.62. The molecule has 1 unspecified atom stereocenters. The molecule has 4 nitrogen and oxygen atoms in total. The van der Waals surface area contributed by atoms with Gasteiger partial charge < -0.3 is 15.6 Å². The largest absolute Gasteiger partial charge is 0.353 e. The number of aromatic nitrogens is 1. The van der Waals surface area contributed by atoms with E-state index in [1.54, 1.807) is 6.07 Å². The highest BCUT2D eigenvalue weighted by atomic mass is 35.5. The van der Waals surface area contributed by atoms with E-state index in [0.29, 0.717) is 22.4 Å². The van der Waals surface area contributed by atoms with Gasteiger partial charge in [0.2, 0.25) is 5.91 Å². The lowest BCUT2D eigenvalue weighted by atomic mass is 9.87. The van der Waals surface area contributed by atoms with Crippen LogP contribution in [0.1, 0.15) is 81.3 Å². The molecule has 5 rings (SSSR count). The number of halogens is 2. The number of para-hydroxylation sites is 1. The van der Waals surface area contributed by atoms with Crippen molar-refractivity contribution >= 4 is 40.0 Å². The van der Waals surface area contributed by atoms with Crippen LogP contribution in [-0.2, 0) is 11.3 Å². The summed E-state index contributed by atoms with van der Waals surface area (Å²) in [5.74, 6) is 0.646. The number of benzene rings is 2. The second-order valence-corrected chi connectivity index (χ2v) is 11.8. The highest BCUT2D eigenvalue weighted by Crippen LogP contribution is 2.38. The Bertz CT molecular complexity index is 1170. The van der Waals surface area contributed by atoms with Gasteiger partial charge in [-0.2, -0.15) is 0 Å². The summed E-state index contributed by atoms with van der Waals surface area (Å²) >= 11 is 12.9. The van der Waals surface area contributed by atoms with E-state index in [2.05, 4.69) is 40.3 Å². The Kier molecular flexibility index (Phi) is 8.25. The molecule has 0 radical (unpaired) electrons. The van der Waals surface area contributed by atoms with Crippen LogP contribution in [0.3, 0.4) is 0 Å². The topological polar surface area (TPSA) is 60.0 Å². The average molecular weight is 527 g/mol. The highest BCUT2D eigenvalue weighted by Gasteiger charge is 2.26. The molecule has 0 aliphatic heterocycles. The molecule has 192 valence electrons. The third kappa shape index (κ3) is 6.10. The Hall–Kier alpha value is -2.01. The van der Waals surface area contributed by atoms with Crippen LogP contribution in [-0.4, -0.2) is 22.6 Å². The summed E-state index contributed by atoms with van der Waals surface area (Å²) in [5.41, 5.74) is 9.45. The van der Waals surface area contributed by atoms with Crippen LogP contribution in [0, 0.1) is 5.92 Å². The fourth-order valence-electron chi connectivity index (χ4n) is 6.27. The molecule has 2 saturated carbocycles. The first-order valence-corrected chi connectivity index (χ1v) is 14.3. The Labute approximate surface area is 224 Å². The third-order valence-electron chi connectivity index (χ3n) is 8.19. The number of hydrogen-bond donors (Lipinski definition) is 2. The predicted octanol–water partition coefficient (Wildman–Crippen LogP) is 7.44. The number of nitrogens with two attached hydrogens (primary N) is 1. The normalized spacial score (nSPS) is 22.0. The molecule has 1 atom stereocenters. The van der Waals surface area contributed by atoms with Gasteiger partial charge in [-0.3, -0.25) is 4.79 Å². The van der Waals surface area contributed by atoms with Crippen LogP contribution in [0.4, 0.5) is 0 Å². The molecule has 2 fully saturated rings. The summed E-state index contributed by atoms with van der Waals surface area (Å²) in [6.07, 6.45) is 13.1. The van der Waals surface area contributed by atoms with Crippen molar-refractivity contribution in [3.05, 3.63) is 69.8 Å². The molecular weight excluding hydrogens is 489 g/mol. The van der Waals surface area contributed by atoms with E-state index in [4.69, 9.17) is 28.9 Å². The molecule has 1 aromatic heterocycles. The number of carbonyl (C=O) groups is 1. The van der Waals surface area contributed by atoms with Gasteiger partial charge in [0.1, 0.15) is 0 Å². The summed E-state index contributed by atoms with van der Waals surface area (Å²) in [6.45, 7) is 1.03. The average Bonchev–Trinajstić information content (AvgIpc) is 3.22. The minimum absolute atomic E-state index is 0.0701. The van der Waals surface area contributed by atoms with Gasteiger partial charge in [0.25, 0.3) is 0 Å². The van der Waals surface area contributed by atoms with Crippen molar-refractivity contribution in [2.45, 2.75) is 88.8 Å². The van der Waals surface area contributed by atoms with Gasteiger partial charge in [-0.25, -0.2) is 0 Å². The molecule has 3 N–H and O–H groups in total. The van der Waals surface area contributed by atoms with Gasteiger partial charge >= 0.3 is 0 Å². The fourth-order valence-corrected chi connectivity index (χ4v) is 6.81. The summed E-state index contributed by atoms with van der Waals surface area (Å²) in [5, 5.41) is 5.68. The lowest BCUT2D eigenvalue weighted by molar-refractivity contribution is -0.122. The van der Waals surface area contributed by atoms with Crippen LogP contribution < -0.4 is 11.1 Å². The Morgan fingerprint density at radius 1 is 0.972 bits per heavy atom. The second-order valence-electron chi connectivity index (χ2n) is 10.9. The van der Waals surface area contributed by atoms with Gasteiger partial charge in [-0.15, -0.1) is 0 Å². The minimum Gasteiger partial charge on any atom is -0.353 e. The fraction of sp³-hybridized carbons (Fsp3) is 0.500. The van der Waals surface area contributed by atoms with E-state index in [1.807, 2.05) is 12.1 Å². The van der Waals surface area contributed by atoms with E-state index >= 15 is 0 Å². The predicted molar refractivity (Wildman–Crippen MR) is 150 cm³/mol. The van der Waals surface area contributed by atoms with Gasteiger partial charge in [0.05, 0.1) is 0 Å². The Morgan fingerprint density at radius 3 is 2.39 bits per heavy atom. The first kappa shape index (κ1) is 25.6. The first-order valence-electron chi connectivity index (χ1n) is 13.5. The number of amides is 1. The number of hydrogen-bond acceptors (Lipinski definition) is 2. The molecule has 0 saturated heterocycles. The van der Waals surface area contributed by atoms with Gasteiger partial charge in [0.15, 0.2) is 0 Å². The monoisotopic (exact) mass is 525 g/mol. The number of carbonyl (C=O) groups excluding carboxylic acids is 1. The van der Waals surface area contributed by atoms with Gasteiger partial charge in [0, 0.05) is 58.1 Å². The van der Waals surface area contributed by atoms with Crippen molar-refractivity contribution < 1.29 is 4.79 Å². The van der Waals surface area contributed by atoms with Crippen molar-refractivity contribution in [2.24, 2.45) is 11.7 Å². The number of fused-ring (bicyclic) bond motifs is 1. The van der Waals surface area contributed by atoms with Crippen molar-refractivity contribution in [3.8, 4) is 0 Å². The Morgan fingerprint density at radius 2 is 1.67 bits per heavy atom. The first-order chi connectivity index (χ1) is 17.5. The maximum Gasteiger partial charge on any atom is 0.221 e. The summed E-state index contributed by atoms with van der Waals surface area (Å²) in [7, 11) is 0. The molecule has 2 aliphatic carbocycles. The van der Waals surface area contributed by atoms with Crippen molar-refractivity contribution in [1.82, 2.24) is 9.88 Å². The lowest BCUT2D eigenvalue weighted by Crippen LogP contribution is -2.40. The van der Waals surface area contributed by atoms with Crippen LogP contribution in [0.2, 0.25) is 10.0 Å². The summed E-state index contributed by atoms with van der Waals surface area (Å²) < 4.78 is 2.42. The number of nitrogens with zero attached hydrogens (tertiary/aromatic N) is 1. The van der Waals surface area contributed by atoms with Crippen LogP contribution >= 0.6 is 23.2 Å². The zero-order chi connectivity index (χ0) is 25.1. The zero-order valence-electron chi connectivity index (χ0n) is 20.9. The van der Waals surface area contributed by atoms with E-state index in [9.17, 15) is 4.79 Å². The molecule has 0 bridgehead atoms. The van der Waals surface area contributed by atoms with E-state index in [0.717, 1.165) is 37.8 Å². The van der Waals surface area contributed by atoms with Crippen molar-refractivity contribution in [2.75, 3.05) is 0 Å². The molecule has 36 heavy (non-hydrogen) atoms. The van der Waals surface area contributed by atoms with E-state index < -0.39 is 0 Å². The second kappa shape index (κ2) is 11.6. The maximum absolute atomic E-state index is 13.4. The quantitative estimate of drug-likeness (QED) is 0.336. The molecular formula is C30H37Cl2N3O. The summed E-state index contributed by atoms with van der Waals surface area (Å²) in [6, 6.07) is 14.7. The molecule has 6 heteroatoms. The molecule has 2 aromatic carbocycles. The van der Waals surface area contributed by atoms with Gasteiger partial charge in [-0.05, 0) is 79.8 Å². The standard InChI is InChI=1S/C30H37Cl2N3O/c31-22-14-21(15-23(32)16-22)27(17-30(36)34-25-12-10-24(33)11-13-25)28-19-35(18-20-6-2-1-3-7-20)29-9-5-4-8-26(28)29/h4-5,8-9,14-16,19-20,24-25,27H,1-3,6-7,10-13,17-18,33H2,(H,34,36)/t24-,25-,27?. The van der Waals surface area contributed by atoms with Crippen molar-refractivity contribution in [3.63, 3.8) is 0 Å². The maximum atomic E-state index is 13.4. The zero-order valence-corrected chi connectivity index (χ0v) is 22.4. The van der Waals surface area contributed by atoms with E-state index in [-0.39, 0.29) is 23.9 Å². The molecule has 2 aliphatic rings.